The number of carbonyl (C=O) groups is 2. The molecule has 5 rings (SSSR count). The van der Waals surface area contributed by atoms with Crippen molar-refractivity contribution >= 4 is 22.8 Å². The van der Waals surface area contributed by atoms with Crippen LogP contribution in [0, 0.1) is 6.92 Å². The fourth-order valence-corrected chi connectivity index (χ4v) is 4.99. The number of amides is 2. The molecule has 0 bridgehead atoms. The zero-order chi connectivity index (χ0) is 22.3. The molecule has 2 aliphatic heterocycles. The van der Waals surface area contributed by atoms with Gasteiger partial charge < -0.3 is 19.9 Å². The van der Waals surface area contributed by atoms with Crippen molar-refractivity contribution in [2.45, 2.75) is 51.2 Å². The Balaban J connectivity index is 1.43. The first kappa shape index (κ1) is 20.5. The molecule has 2 N–H and O–H groups in total. The molecule has 0 unspecified atom stereocenters. The number of nitrogens with zero attached hydrogens (tertiary/aromatic N) is 2. The van der Waals surface area contributed by atoms with Crippen molar-refractivity contribution in [3.63, 3.8) is 0 Å². The lowest BCUT2D eigenvalue weighted by molar-refractivity contribution is -0.130. The van der Waals surface area contributed by atoms with Crippen LogP contribution in [0.4, 0.5) is 0 Å². The van der Waals surface area contributed by atoms with Gasteiger partial charge in [-0.3, -0.25) is 9.59 Å². The zero-order valence-corrected chi connectivity index (χ0v) is 18.5. The molecule has 1 aromatic heterocycles. The van der Waals surface area contributed by atoms with Gasteiger partial charge in [-0.2, -0.15) is 0 Å². The lowest BCUT2D eigenvalue weighted by atomic mass is 9.82. The summed E-state index contributed by atoms with van der Waals surface area (Å²) in [6, 6.07) is 13.2. The van der Waals surface area contributed by atoms with E-state index < -0.39 is 5.60 Å². The molecule has 1 fully saturated rings. The Morgan fingerprint density at radius 2 is 2.12 bits per heavy atom. The highest BCUT2D eigenvalue weighted by molar-refractivity contribution is 5.97. The van der Waals surface area contributed by atoms with Gasteiger partial charge in [-0.05, 0) is 44.5 Å². The molecular weight excluding hydrogens is 404 g/mol. The van der Waals surface area contributed by atoms with Gasteiger partial charge in [0.15, 0.2) is 0 Å². The van der Waals surface area contributed by atoms with Gasteiger partial charge >= 0.3 is 0 Å². The average Bonchev–Trinajstić information content (AvgIpc) is 3.10. The number of aromatic nitrogens is 2. The van der Waals surface area contributed by atoms with Crippen LogP contribution < -0.4 is 10.1 Å². The lowest BCUT2D eigenvalue weighted by Gasteiger charge is -2.42. The molecule has 1 saturated heterocycles. The van der Waals surface area contributed by atoms with Crippen LogP contribution in [0.2, 0.25) is 0 Å². The number of H-pyrrole nitrogens is 1. The number of hydrogen-bond acceptors (Lipinski definition) is 4. The minimum Gasteiger partial charge on any atom is -0.487 e. The number of aryl methyl sites for hydroxylation is 1. The number of imidazole rings is 1. The van der Waals surface area contributed by atoms with Crippen molar-refractivity contribution in [1.29, 1.82) is 0 Å². The molecule has 0 aliphatic carbocycles. The summed E-state index contributed by atoms with van der Waals surface area (Å²) in [5.41, 5.74) is 2.80. The Labute approximate surface area is 187 Å². The summed E-state index contributed by atoms with van der Waals surface area (Å²) in [7, 11) is 0. The maximum Gasteiger partial charge on any atom is 0.251 e. The van der Waals surface area contributed by atoms with E-state index in [1.807, 2.05) is 61.2 Å². The van der Waals surface area contributed by atoms with Gasteiger partial charge in [0, 0.05) is 43.5 Å². The molecule has 0 saturated carbocycles. The van der Waals surface area contributed by atoms with E-state index in [0.717, 1.165) is 34.6 Å². The third-order valence-corrected chi connectivity index (χ3v) is 6.73. The summed E-state index contributed by atoms with van der Waals surface area (Å²) < 4.78 is 6.52. The maximum absolute atomic E-state index is 13.2. The van der Waals surface area contributed by atoms with Crippen LogP contribution in [0.1, 0.15) is 60.4 Å². The lowest BCUT2D eigenvalue weighted by Crippen LogP contribution is -2.46. The number of para-hydroxylation sites is 1. The predicted molar refractivity (Wildman–Crippen MR) is 122 cm³/mol. The van der Waals surface area contributed by atoms with Crippen LogP contribution in [0.3, 0.4) is 0 Å². The summed E-state index contributed by atoms with van der Waals surface area (Å²) in [5.74, 6) is 1.66. The number of carbonyl (C=O) groups excluding carboxylic acids is 2. The summed E-state index contributed by atoms with van der Waals surface area (Å²) in [6.45, 7) is 5.29. The minimum atomic E-state index is -0.462. The molecule has 3 heterocycles. The topological polar surface area (TPSA) is 87.3 Å². The van der Waals surface area contributed by atoms with Crippen molar-refractivity contribution in [3.8, 4) is 5.75 Å². The van der Waals surface area contributed by atoms with E-state index in [4.69, 9.17) is 4.74 Å². The number of likely N-dealkylation sites (tertiary alicyclic amines) is 1. The second-order valence-corrected chi connectivity index (χ2v) is 8.83. The number of aromatic amines is 1. The van der Waals surface area contributed by atoms with Gasteiger partial charge in [-0.1, -0.05) is 18.2 Å². The van der Waals surface area contributed by atoms with Crippen molar-refractivity contribution in [1.82, 2.24) is 20.2 Å². The van der Waals surface area contributed by atoms with Crippen molar-refractivity contribution < 1.29 is 14.3 Å². The van der Waals surface area contributed by atoms with Gasteiger partial charge in [0.25, 0.3) is 5.91 Å². The van der Waals surface area contributed by atoms with Crippen molar-refractivity contribution in [2.75, 3.05) is 13.1 Å². The molecule has 2 amide bonds. The number of fused-ring (bicyclic) bond motifs is 2. The molecule has 166 valence electrons. The van der Waals surface area contributed by atoms with Gasteiger partial charge in [0.2, 0.25) is 5.91 Å². The predicted octanol–water partition coefficient (Wildman–Crippen LogP) is 3.90. The van der Waals surface area contributed by atoms with E-state index in [9.17, 15) is 9.59 Å². The van der Waals surface area contributed by atoms with Gasteiger partial charge in [-0.15, -0.1) is 0 Å². The third-order valence-electron chi connectivity index (χ3n) is 6.73. The normalized spacial score (nSPS) is 23.0. The van der Waals surface area contributed by atoms with Crippen LogP contribution in [-0.4, -0.2) is 45.4 Å². The number of benzene rings is 2. The molecule has 2 atom stereocenters. The molecule has 2 aliphatic rings. The van der Waals surface area contributed by atoms with E-state index in [0.29, 0.717) is 37.9 Å². The van der Waals surface area contributed by atoms with E-state index >= 15 is 0 Å². The fraction of sp³-hybridized carbons (Fsp3) is 0.400. The van der Waals surface area contributed by atoms with Gasteiger partial charge in [-0.25, -0.2) is 4.98 Å². The number of hydrogen-bond donors (Lipinski definition) is 2. The number of rotatable bonds is 3. The first-order valence-electron chi connectivity index (χ1n) is 11.3. The molecule has 3 aromatic rings. The Morgan fingerprint density at radius 1 is 1.28 bits per heavy atom. The van der Waals surface area contributed by atoms with Crippen LogP contribution in [0.15, 0.2) is 42.5 Å². The van der Waals surface area contributed by atoms with Crippen LogP contribution in [0.25, 0.3) is 11.0 Å². The Hall–Kier alpha value is -3.35. The van der Waals surface area contributed by atoms with Crippen molar-refractivity contribution in [3.05, 3.63) is 59.4 Å². The van der Waals surface area contributed by atoms with Crippen molar-refractivity contribution in [2.24, 2.45) is 0 Å². The molecule has 7 nitrogen and oxygen atoms in total. The fourth-order valence-electron chi connectivity index (χ4n) is 4.99. The summed E-state index contributed by atoms with van der Waals surface area (Å²) in [5, 5.41) is 3.24. The largest absolute Gasteiger partial charge is 0.487 e. The van der Waals surface area contributed by atoms with Gasteiger partial charge in [0.05, 0.1) is 17.1 Å². The average molecular weight is 433 g/mol. The summed E-state index contributed by atoms with van der Waals surface area (Å²) >= 11 is 0. The van der Waals surface area contributed by atoms with Crippen LogP contribution in [-0.2, 0) is 4.79 Å². The minimum absolute atomic E-state index is 0.129. The molecule has 2 aromatic carbocycles. The first-order valence-corrected chi connectivity index (χ1v) is 11.3. The highest BCUT2D eigenvalue weighted by Crippen LogP contribution is 2.44. The molecule has 1 spiro atoms. The van der Waals surface area contributed by atoms with E-state index in [2.05, 4.69) is 15.3 Å². The smallest absolute Gasteiger partial charge is 0.251 e. The number of ether oxygens (including phenoxy) is 1. The number of nitrogens with one attached hydrogen (secondary N) is 2. The molecule has 32 heavy (non-hydrogen) atoms. The second-order valence-electron chi connectivity index (χ2n) is 8.83. The van der Waals surface area contributed by atoms with Gasteiger partial charge in [0.1, 0.15) is 17.2 Å². The summed E-state index contributed by atoms with van der Waals surface area (Å²) in [6.07, 6.45) is 2.52. The highest BCUT2D eigenvalue weighted by atomic mass is 16.5. The second kappa shape index (κ2) is 7.97. The quantitative estimate of drug-likeness (QED) is 0.657. The molecular formula is C25H28N4O3. The molecule has 0 radical (unpaired) electrons. The Morgan fingerprint density at radius 3 is 2.97 bits per heavy atom. The molecule has 7 heteroatoms. The monoisotopic (exact) mass is 432 g/mol. The van der Waals surface area contributed by atoms with Crippen LogP contribution >= 0.6 is 0 Å². The van der Waals surface area contributed by atoms with E-state index in [-0.39, 0.29) is 17.9 Å². The Kier molecular flexibility index (Phi) is 5.12. The zero-order valence-electron chi connectivity index (χ0n) is 18.5. The first-order chi connectivity index (χ1) is 15.5. The van der Waals surface area contributed by atoms with Crippen LogP contribution in [0.5, 0.6) is 5.75 Å². The summed E-state index contributed by atoms with van der Waals surface area (Å²) in [4.78, 5) is 35.2. The Bertz CT molecular complexity index is 1190. The SMILES string of the molecule is CCN1CC[C@]2(CCC1=O)C[C@H](NC(=O)c1ccc3nc(C)[nH]c3c1)c1ccccc1O2. The third kappa shape index (κ3) is 3.72. The van der Waals surface area contributed by atoms with E-state index in [1.165, 1.54) is 0 Å². The highest BCUT2D eigenvalue weighted by Gasteiger charge is 2.43. The maximum atomic E-state index is 13.2. The van der Waals surface area contributed by atoms with E-state index in [1.54, 1.807) is 0 Å². The standard InChI is InChI=1S/C25H28N4O3/c1-3-29-13-12-25(11-10-23(29)30)15-21(18-6-4-5-7-22(18)32-25)28-24(31)17-8-9-19-20(14-17)27-16(2)26-19/h4-9,14,21H,3,10-13,15H2,1-2H3,(H,26,27)(H,28,31)/t21-,25+/m0/s1.